The first-order valence-electron chi connectivity index (χ1n) is 4.98. The molecule has 0 aromatic rings. The van der Waals surface area contributed by atoms with Crippen LogP contribution in [0, 0.1) is 0 Å². The minimum Gasteiger partial charge on any atom is -0.443 e. The summed E-state index contributed by atoms with van der Waals surface area (Å²) in [6, 6.07) is 0.420. The summed E-state index contributed by atoms with van der Waals surface area (Å²) in [5, 5.41) is 0. The summed E-state index contributed by atoms with van der Waals surface area (Å²) in [5.74, 6) is 0. The smallest absolute Gasteiger partial charge is 0.410 e. The van der Waals surface area contributed by atoms with E-state index in [4.69, 9.17) is 10.5 Å². The number of ether oxygens (including phenoxy) is 1. The minimum atomic E-state index is -0.164. The molecule has 0 spiro atoms. The Kier molecular flexibility index (Phi) is 2.40. The van der Waals surface area contributed by atoms with Crippen molar-refractivity contribution in [3.05, 3.63) is 0 Å². The van der Waals surface area contributed by atoms with Crippen LogP contribution >= 0.6 is 0 Å². The molecule has 1 unspecified atom stereocenters. The fourth-order valence-corrected chi connectivity index (χ4v) is 2.18. The quantitative estimate of drug-likeness (QED) is 0.687. The van der Waals surface area contributed by atoms with E-state index in [-0.39, 0.29) is 12.2 Å². The zero-order chi connectivity index (χ0) is 9.26. The number of nitrogens with zero attached hydrogens (tertiary/aromatic N) is 1. The Labute approximate surface area is 78.0 Å². The lowest BCUT2D eigenvalue weighted by Crippen LogP contribution is -2.35. The summed E-state index contributed by atoms with van der Waals surface area (Å²) < 4.78 is 5.10. The standard InChI is InChI=1S/C9H16N2O2/c10-5-8-6-11(9(12)13-8)7-3-1-2-4-7/h7-8H,1-6,10H2. The molecule has 1 amide bonds. The van der Waals surface area contributed by atoms with Crippen LogP contribution in [-0.4, -0.2) is 36.2 Å². The summed E-state index contributed by atoms with van der Waals surface area (Å²) in [5.41, 5.74) is 5.45. The number of rotatable bonds is 2. The van der Waals surface area contributed by atoms with Crippen molar-refractivity contribution in [2.45, 2.75) is 37.8 Å². The van der Waals surface area contributed by atoms with Crippen molar-refractivity contribution in [2.75, 3.05) is 13.1 Å². The molecule has 4 nitrogen and oxygen atoms in total. The highest BCUT2D eigenvalue weighted by Crippen LogP contribution is 2.26. The Morgan fingerprint density at radius 2 is 2.15 bits per heavy atom. The number of nitrogens with two attached hydrogens (primary N) is 1. The Balaban J connectivity index is 1.95. The lowest BCUT2D eigenvalue weighted by atomic mass is 10.2. The van der Waals surface area contributed by atoms with Gasteiger partial charge in [-0.3, -0.25) is 0 Å². The molecular weight excluding hydrogens is 168 g/mol. The zero-order valence-electron chi connectivity index (χ0n) is 7.74. The van der Waals surface area contributed by atoms with E-state index in [1.54, 1.807) is 0 Å². The number of amides is 1. The van der Waals surface area contributed by atoms with Crippen molar-refractivity contribution < 1.29 is 9.53 Å². The molecule has 1 saturated heterocycles. The maximum atomic E-state index is 11.4. The molecular formula is C9H16N2O2. The molecule has 0 radical (unpaired) electrons. The molecule has 1 aliphatic heterocycles. The fourth-order valence-electron chi connectivity index (χ4n) is 2.18. The SMILES string of the molecule is NCC1CN(C2CCCC2)C(=O)O1. The van der Waals surface area contributed by atoms with Gasteiger partial charge < -0.3 is 15.4 Å². The Morgan fingerprint density at radius 3 is 2.69 bits per heavy atom. The molecule has 13 heavy (non-hydrogen) atoms. The molecule has 1 atom stereocenters. The predicted octanol–water partition coefficient (Wildman–Crippen LogP) is 0.708. The molecule has 4 heteroatoms. The molecule has 1 saturated carbocycles. The highest BCUT2D eigenvalue weighted by Gasteiger charge is 2.36. The second-order valence-electron chi connectivity index (χ2n) is 3.83. The van der Waals surface area contributed by atoms with Gasteiger partial charge in [0.2, 0.25) is 0 Å². The molecule has 2 rings (SSSR count). The Hall–Kier alpha value is -0.770. The highest BCUT2D eigenvalue weighted by atomic mass is 16.6. The third-order valence-electron chi connectivity index (χ3n) is 2.93. The van der Waals surface area contributed by atoms with E-state index in [1.165, 1.54) is 12.8 Å². The second-order valence-corrected chi connectivity index (χ2v) is 3.83. The molecule has 2 fully saturated rings. The molecule has 0 aromatic heterocycles. The van der Waals surface area contributed by atoms with Crippen molar-refractivity contribution in [2.24, 2.45) is 5.73 Å². The summed E-state index contributed by atoms with van der Waals surface area (Å²) in [6.07, 6.45) is 4.50. The van der Waals surface area contributed by atoms with E-state index >= 15 is 0 Å². The second kappa shape index (κ2) is 3.54. The monoisotopic (exact) mass is 184 g/mol. The number of carbonyl (C=O) groups excluding carboxylic acids is 1. The van der Waals surface area contributed by atoms with Crippen molar-refractivity contribution in [3.63, 3.8) is 0 Å². The third kappa shape index (κ3) is 1.63. The van der Waals surface area contributed by atoms with Gasteiger partial charge in [-0.05, 0) is 12.8 Å². The van der Waals surface area contributed by atoms with Crippen LogP contribution in [0.5, 0.6) is 0 Å². The highest BCUT2D eigenvalue weighted by molar-refractivity contribution is 5.70. The maximum Gasteiger partial charge on any atom is 0.410 e. The molecule has 1 aliphatic carbocycles. The topological polar surface area (TPSA) is 55.6 Å². The van der Waals surface area contributed by atoms with Gasteiger partial charge in [0.05, 0.1) is 6.54 Å². The van der Waals surface area contributed by atoms with Crippen LogP contribution in [0.4, 0.5) is 4.79 Å². The van der Waals surface area contributed by atoms with Gasteiger partial charge in [0, 0.05) is 12.6 Å². The van der Waals surface area contributed by atoms with Crippen LogP contribution in [0.1, 0.15) is 25.7 Å². The average Bonchev–Trinajstić information content (AvgIpc) is 2.72. The van der Waals surface area contributed by atoms with Crippen LogP contribution in [0.25, 0.3) is 0 Å². The number of cyclic esters (lactones) is 1. The minimum absolute atomic E-state index is 0.0758. The molecule has 1 heterocycles. The normalized spacial score (nSPS) is 29.8. The lowest BCUT2D eigenvalue weighted by Gasteiger charge is -2.20. The van der Waals surface area contributed by atoms with Crippen molar-refractivity contribution in [1.82, 2.24) is 4.90 Å². The van der Waals surface area contributed by atoms with E-state index in [1.807, 2.05) is 4.90 Å². The summed E-state index contributed by atoms with van der Waals surface area (Å²) in [7, 11) is 0. The van der Waals surface area contributed by atoms with E-state index < -0.39 is 0 Å². The van der Waals surface area contributed by atoms with Crippen molar-refractivity contribution in [3.8, 4) is 0 Å². The van der Waals surface area contributed by atoms with Crippen molar-refractivity contribution in [1.29, 1.82) is 0 Å². The molecule has 0 bridgehead atoms. The van der Waals surface area contributed by atoms with Gasteiger partial charge >= 0.3 is 6.09 Å². The van der Waals surface area contributed by atoms with E-state index in [2.05, 4.69) is 0 Å². The first-order valence-corrected chi connectivity index (χ1v) is 4.98. The van der Waals surface area contributed by atoms with E-state index in [0.717, 1.165) is 12.8 Å². The Bertz CT molecular complexity index is 202. The number of hydrogen-bond donors (Lipinski definition) is 1. The summed E-state index contributed by atoms with van der Waals surface area (Å²) in [6.45, 7) is 1.13. The van der Waals surface area contributed by atoms with Crippen LogP contribution < -0.4 is 5.73 Å². The average molecular weight is 184 g/mol. The van der Waals surface area contributed by atoms with Gasteiger partial charge in [-0.15, -0.1) is 0 Å². The van der Waals surface area contributed by atoms with Crippen LogP contribution in [-0.2, 0) is 4.74 Å². The number of hydrogen-bond acceptors (Lipinski definition) is 3. The maximum absolute atomic E-state index is 11.4. The first-order chi connectivity index (χ1) is 6.31. The van der Waals surface area contributed by atoms with Gasteiger partial charge in [-0.25, -0.2) is 4.79 Å². The fraction of sp³-hybridized carbons (Fsp3) is 0.889. The van der Waals surface area contributed by atoms with Crippen LogP contribution in [0.2, 0.25) is 0 Å². The van der Waals surface area contributed by atoms with E-state index in [9.17, 15) is 4.79 Å². The largest absolute Gasteiger partial charge is 0.443 e. The molecule has 2 aliphatic rings. The van der Waals surface area contributed by atoms with Gasteiger partial charge in [0.15, 0.2) is 0 Å². The third-order valence-corrected chi connectivity index (χ3v) is 2.93. The predicted molar refractivity (Wildman–Crippen MR) is 48.3 cm³/mol. The first kappa shape index (κ1) is 8.81. The summed E-state index contributed by atoms with van der Waals surface area (Å²) in [4.78, 5) is 13.2. The van der Waals surface area contributed by atoms with E-state index in [0.29, 0.717) is 19.1 Å². The van der Waals surface area contributed by atoms with Gasteiger partial charge in [0.25, 0.3) is 0 Å². The van der Waals surface area contributed by atoms with Gasteiger partial charge in [0.1, 0.15) is 6.10 Å². The van der Waals surface area contributed by atoms with Gasteiger partial charge in [-0.2, -0.15) is 0 Å². The molecule has 74 valence electrons. The van der Waals surface area contributed by atoms with Crippen LogP contribution in [0.3, 0.4) is 0 Å². The van der Waals surface area contributed by atoms with Gasteiger partial charge in [-0.1, -0.05) is 12.8 Å². The molecule has 0 aromatic carbocycles. The number of carbonyl (C=O) groups is 1. The van der Waals surface area contributed by atoms with Crippen LogP contribution in [0.15, 0.2) is 0 Å². The lowest BCUT2D eigenvalue weighted by molar-refractivity contribution is 0.130. The van der Waals surface area contributed by atoms with Crippen molar-refractivity contribution >= 4 is 6.09 Å². The zero-order valence-corrected chi connectivity index (χ0v) is 7.74. The molecule has 2 N–H and O–H groups in total. The Morgan fingerprint density at radius 1 is 1.46 bits per heavy atom. The summed E-state index contributed by atoms with van der Waals surface area (Å²) >= 11 is 0.